The highest BCUT2D eigenvalue weighted by molar-refractivity contribution is 7.92. The standard InChI is InChI=1S/C13H17N3O4S/c1-9-13(12(7-17)15-14-9)21(18,19)16-11-5-3-4-10(6-11)8-20-2/h3-6,16-17H,7-8H2,1-2H3,(H,14,15). The van der Waals surface area contributed by atoms with Crippen LogP contribution in [0.2, 0.25) is 0 Å². The highest BCUT2D eigenvalue weighted by atomic mass is 32.2. The van der Waals surface area contributed by atoms with Crippen LogP contribution in [0.25, 0.3) is 0 Å². The molecule has 114 valence electrons. The Morgan fingerprint density at radius 1 is 1.43 bits per heavy atom. The van der Waals surface area contributed by atoms with Crippen LogP contribution >= 0.6 is 0 Å². The molecule has 2 rings (SSSR count). The molecule has 2 aromatic rings. The molecule has 7 nitrogen and oxygen atoms in total. The van der Waals surface area contributed by atoms with Crippen LogP contribution in [0.1, 0.15) is 17.0 Å². The van der Waals surface area contributed by atoms with Crippen LogP contribution in [0.4, 0.5) is 5.69 Å². The van der Waals surface area contributed by atoms with Gasteiger partial charge in [-0.1, -0.05) is 12.1 Å². The Kier molecular flexibility index (Phi) is 4.61. The molecule has 0 atom stereocenters. The summed E-state index contributed by atoms with van der Waals surface area (Å²) in [6.45, 7) is 1.52. The number of rotatable bonds is 6. The third-order valence-corrected chi connectivity index (χ3v) is 4.45. The third-order valence-electron chi connectivity index (χ3n) is 2.87. The van der Waals surface area contributed by atoms with Crippen molar-refractivity contribution in [2.75, 3.05) is 11.8 Å². The van der Waals surface area contributed by atoms with Crippen molar-refractivity contribution in [2.45, 2.75) is 25.0 Å². The molecule has 0 aliphatic heterocycles. The summed E-state index contributed by atoms with van der Waals surface area (Å²) >= 11 is 0. The first kappa shape index (κ1) is 15.5. The van der Waals surface area contributed by atoms with Gasteiger partial charge in [-0.2, -0.15) is 5.10 Å². The number of benzene rings is 1. The van der Waals surface area contributed by atoms with Gasteiger partial charge in [-0.05, 0) is 24.6 Å². The maximum absolute atomic E-state index is 12.4. The van der Waals surface area contributed by atoms with Crippen molar-refractivity contribution in [3.8, 4) is 0 Å². The van der Waals surface area contributed by atoms with Crippen molar-refractivity contribution < 1.29 is 18.3 Å². The lowest BCUT2D eigenvalue weighted by Crippen LogP contribution is -2.15. The molecule has 1 heterocycles. The molecule has 0 amide bonds. The summed E-state index contributed by atoms with van der Waals surface area (Å²) in [4.78, 5) is -0.0258. The van der Waals surface area contributed by atoms with E-state index in [1.807, 2.05) is 6.07 Å². The lowest BCUT2D eigenvalue weighted by molar-refractivity contribution is 0.185. The fraction of sp³-hybridized carbons (Fsp3) is 0.308. The van der Waals surface area contributed by atoms with Crippen LogP contribution in [-0.4, -0.2) is 30.8 Å². The molecular formula is C13H17N3O4S. The molecule has 0 saturated carbocycles. The van der Waals surface area contributed by atoms with Gasteiger partial charge in [0.15, 0.2) is 0 Å². The zero-order chi connectivity index (χ0) is 15.5. The summed E-state index contributed by atoms with van der Waals surface area (Å²) in [6.07, 6.45) is 0. The summed E-state index contributed by atoms with van der Waals surface area (Å²) in [5.41, 5.74) is 1.74. The second-order valence-corrected chi connectivity index (χ2v) is 6.14. The molecule has 0 aliphatic carbocycles. The topological polar surface area (TPSA) is 104 Å². The van der Waals surface area contributed by atoms with E-state index in [9.17, 15) is 13.5 Å². The molecule has 0 aliphatic rings. The summed E-state index contributed by atoms with van der Waals surface area (Å²) < 4.78 is 32.3. The fourth-order valence-electron chi connectivity index (χ4n) is 2.03. The minimum absolute atomic E-state index is 0.0258. The Balaban J connectivity index is 2.33. The van der Waals surface area contributed by atoms with Crippen molar-refractivity contribution >= 4 is 15.7 Å². The number of anilines is 1. The number of H-pyrrole nitrogens is 1. The van der Waals surface area contributed by atoms with Gasteiger partial charge in [-0.15, -0.1) is 0 Å². The van der Waals surface area contributed by atoms with Crippen molar-refractivity contribution in [1.29, 1.82) is 0 Å². The van der Waals surface area contributed by atoms with Crippen LogP contribution < -0.4 is 4.72 Å². The van der Waals surface area contributed by atoms with E-state index in [0.29, 0.717) is 18.0 Å². The van der Waals surface area contributed by atoms with Gasteiger partial charge >= 0.3 is 0 Å². The molecule has 0 spiro atoms. The van der Waals surface area contributed by atoms with Crippen molar-refractivity contribution in [2.24, 2.45) is 0 Å². The highest BCUT2D eigenvalue weighted by Crippen LogP contribution is 2.22. The first-order chi connectivity index (χ1) is 9.97. The Morgan fingerprint density at radius 3 is 2.86 bits per heavy atom. The summed E-state index contributed by atoms with van der Waals surface area (Å²) in [5.74, 6) is 0. The Bertz CT molecular complexity index is 725. The van der Waals surface area contributed by atoms with Gasteiger partial charge in [0.05, 0.1) is 18.9 Å². The number of aromatic amines is 1. The molecule has 1 aromatic carbocycles. The molecule has 1 aromatic heterocycles. The summed E-state index contributed by atoms with van der Waals surface area (Å²) in [7, 11) is -2.25. The first-order valence-electron chi connectivity index (χ1n) is 6.23. The highest BCUT2D eigenvalue weighted by Gasteiger charge is 2.24. The molecule has 0 fully saturated rings. The minimum atomic E-state index is -3.82. The van der Waals surface area contributed by atoms with E-state index in [1.165, 1.54) is 0 Å². The Labute approximate surface area is 123 Å². The number of sulfonamides is 1. The number of hydrogen-bond acceptors (Lipinski definition) is 5. The molecule has 3 N–H and O–H groups in total. The second kappa shape index (κ2) is 6.25. The van der Waals surface area contributed by atoms with Gasteiger partial charge in [-0.25, -0.2) is 8.42 Å². The number of aliphatic hydroxyl groups is 1. The van der Waals surface area contributed by atoms with Gasteiger partial charge < -0.3 is 9.84 Å². The van der Waals surface area contributed by atoms with Crippen LogP contribution in [0.5, 0.6) is 0 Å². The Morgan fingerprint density at radius 2 is 2.19 bits per heavy atom. The number of aliphatic hydroxyl groups excluding tert-OH is 1. The van der Waals surface area contributed by atoms with Crippen LogP contribution in [-0.2, 0) is 28.0 Å². The largest absolute Gasteiger partial charge is 0.390 e. The second-order valence-electron chi connectivity index (χ2n) is 4.52. The van der Waals surface area contributed by atoms with Crippen molar-refractivity contribution in [3.05, 3.63) is 41.2 Å². The maximum atomic E-state index is 12.4. The monoisotopic (exact) mass is 311 g/mol. The predicted octanol–water partition coefficient (Wildman–Crippen LogP) is 1.16. The fourth-order valence-corrected chi connectivity index (χ4v) is 3.44. The van der Waals surface area contributed by atoms with Crippen molar-refractivity contribution in [3.63, 3.8) is 0 Å². The smallest absolute Gasteiger partial charge is 0.265 e. The van der Waals surface area contributed by atoms with Gasteiger partial charge in [0.25, 0.3) is 10.0 Å². The first-order valence-corrected chi connectivity index (χ1v) is 7.71. The van der Waals surface area contributed by atoms with E-state index in [0.717, 1.165) is 5.56 Å². The third kappa shape index (κ3) is 3.41. The average molecular weight is 311 g/mol. The molecule has 0 saturated heterocycles. The predicted molar refractivity (Wildman–Crippen MR) is 77.2 cm³/mol. The Hall–Kier alpha value is -1.90. The molecule has 0 radical (unpaired) electrons. The average Bonchev–Trinajstić information content (AvgIpc) is 2.81. The van der Waals surface area contributed by atoms with E-state index in [2.05, 4.69) is 14.9 Å². The molecule has 8 heteroatoms. The maximum Gasteiger partial charge on any atom is 0.265 e. The number of aryl methyl sites for hydroxylation is 1. The quantitative estimate of drug-likeness (QED) is 0.742. The van der Waals surface area contributed by atoms with E-state index >= 15 is 0 Å². The molecule has 0 unspecified atom stereocenters. The van der Waals surface area contributed by atoms with Crippen LogP contribution in [0.3, 0.4) is 0 Å². The van der Waals surface area contributed by atoms with Gasteiger partial charge in [0.1, 0.15) is 10.6 Å². The SMILES string of the molecule is COCc1cccc(NS(=O)(=O)c2c(CO)n[nH]c2C)c1. The van der Waals surface area contributed by atoms with E-state index in [4.69, 9.17) is 4.74 Å². The molecule has 0 bridgehead atoms. The van der Waals surface area contributed by atoms with E-state index in [-0.39, 0.29) is 10.6 Å². The van der Waals surface area contributed by atoms with Gasteiger partial charge in [0, 0.05) is 12.8 Å². The summed E-state index contributed by atoms with van der Waals surface area (Å²) in [6, 6.07) is 6.91. The number of ether oxygens (including phenoxy) is 1. The van der Waals surface area contributed by atoms with E-state index in [1.54, 1.807) is 32.2 Å². The van der Waals surface area contributed by atoms with E-state index < -0.39 is 16.6 Å². The zero-order valence-corrected chi connectivity index (χ0v) is 12.6. The number of hydrogen-bond donors (Lipinski definition) is 3. The van der Waals surface area contributed by atoms with Gasteiger partial charge in [0.2, 0.25) is 0 Å². The summed E-state index contributed by atoms with van der Waals surface area (Å²) in [5, 5.41) is 15.5. The van der Waals surface area contributed by atoms with Crippen LogP contribution in [0.15, 0.2) is 29.2 Å². The minimum Gasteiger partial charge on any atom is -0.390 e. The van der Waals surface area contributed by atoms with Gasteiger partial charge in [-0.3, -0.25) is 9.82 Å². The normalized spacial score (nSPS) is 11.6. The molecular weight excluding hydrogens is 294 g/mol. The van der Waals surface area contributed by atoms with Crippen LogP contribution in [0, 0.1) is 6.92 Å². The number of aromatic nitrogens is 2. The number of methoxy groups -OCH3 is 1. The molecule has 21 heavy (non-hydrogen) atoms. The van der Waals surface area contributed by atoms with Crippen molar-refractivity contribution in [1.82, 2.24) is 10.2 Å². The zero-order valence-electron chi connectivity index (χ0n) is 11.8. The number of nitrogens with one attached hydrogen (secondary N) is 2. The lowest BCUT2D eigenvalue weighted by atomic mass is 10.2. The lowest BCUT2D eigenvalue weighted by Gasteiger charge is -2.10. The number of nitrogens with zero attached hydrogens (tertiary/aromatic N) is 1.